The Balaban J connectivity index is 1.49. The van der Waals surface area contributed by atoms with Gasteiger partial charge in [0.25, 0.3) is 5.91 Å². The number of rotatable bonds is 20. The highest BCUT2D eigenvalue weighted by atomic mass is 16.5. The van der Waals surface area contributed by atoms with Gasteiger partial charge in [-0.05, 0) is 64.5 Å². The van der Waals surface area contributed by atoms with Gasteiger partial charge in [-0.3, -0.25) is 24.2 Å². The second kappa shape index (κ2) is 18.9. The summed E-state index contributed by atoms with van der Waals surface area (Å²) in [6.45, 7) is 13.1. The summed E-state index contributed by atoms with van der Waals surface area (Å²) in [6.07, 6.45) is 10.5. The smallest absolute Gasteiger partial charge is 0.325 e. The van der Waals surface area contributed by atoms with Gasteiger partial charge in [0.15, 0.2) is 0 Å². The second-order valence-electron chi connectivity index (χ2n) is 16.1. The van der Waals surface area contributed by atoms with Gasteiger partial charge >= 0.3 is 18.0 Å². The van der Waals surface area contributed by atoms with E-state index in [1.807, 2.05) is 60.7 Å². The average Bonchev–Trinajstić information content (AvgIpc) is 3.31. The molecule has 2 aromatic carbocycles. The second-order valence-corrected chi connectivity index (χ2v) is 16.1. The van der Waals surface area contributed by atoms with Crippen LogP contribution in [0, 0.1) is 0 Å². The molecule has 0 aromatic heterocycles. The zero-order valence-corrected chi connectivity index (χ0v) is 32.6. The highest BCUT2D eigenvalue weighted by Gasteiger charge is 2.61. The van der Waals surface area contributed by atoms with Crippen LogP contribution in [0.15, 0.2) is 60.7 Å². The summed E-state index contributed by atoms with van der Waals surface area (Å²) in [5.74, 6) is -0.828. The lowest BCUT2D eigenvalue weighted by Gasteiger charge is -2.58. The van der Waals surface area contributed by atoms with E-state index in [1.165, 1.54) is 11.3 Å². The molecule has 1 spiro atoms. The SMILES string of the molecule is CCCCCCCC(=O)OC(CN1C(=O)NC2(CC(C)(C)N(CC(OC(=O)CCCCCCC)c3ccccc3)C(C)(C)C2)C1=O)c1ccccc1. The number of piperidine rings is 1. The number of hydrogen-bond acceptors (Lipinski definition) is 7. The van der Waals surface area contributed by atoms with Crippen molar-refractivity contribution in [3.63, 3.8) is 0 Å². The zero-order valence-electron chi connectivity index (χ0n) is 32.6. The zero-order chi connectivity index (χ0) is 37.8. The predicted molar refractivity (Wildman–Crippen MR) is 204 cm³/mol. The summed E-state index contributed by atoms with van der Waals surface area (Å²) in [5.41, 5.74) is -0.608. The van der Waals surface area contributed by atoms with Gasteiger partial charge in [0, 0.05) is 30.5 Å². The molecule has 1 N–H and O–H groups in total. The number of benzene rings is 2. The number of unbranched alkanes of at least 4 members (excludes halogenated alkanes) is 8. The van der Waals surface area contributed by atoms with Crippen molar-refractivity contribution < 1.29 is 28.7 Å². The molecule has 2 saturated heterocycles. The van der Waals surface area contributed by atoms with E-state index in [2.05, 4.69) is 51.8 Å². The number of amides is 3. The van der Waals surface area contributed by atoms with E-state index in [4.69, 9.17) is 9.47 Å². The van der Waals surface area contributed by atoms with Gasteiger partial charge in [0.1, 0.15) is 17.7 Å². The summed E-state index contributed by atoms with van der Waals surface area (Å²) in [7, 11) is 0. The highest BCUT2D eigenvalue weighted by Crippen LogP contribution is 2.47. The third-order valence-electron chi connectivity index (χ3n) is 10.7. The molecule has 52 heavy (non-hydrogen) atoms. The number of carbonyl (C=O) groups excluding carboxylic acids is 4. The lowest BCUT2D eigenvalue weighted by Crippen LogP contribution is -2.70. The van der Waals surface area contributed by atoms with Crippen LogP contribution >= 0.6 is 0 Å². The fraction of sp³-hybridized carbons (Fsp3) is 0.628. The monoisotopic (exact) mass is 717 g/mol. The number of carbonyl (C=O) groups is 4. The van der Waals surface area contributed by atoms with Gasteiger partial charge in [-0.1, -0.05) is 126 Å². The van der Waals surface area contributed by atoms with Crippen molar-refractivity contribution in [1.82, 2.24) is 15.1 Å². The minimum Gasteiger partial charge on any atom is -0.456 e. The lowest BCUT2D eigenvalue weighted by molar-refractivity contribution is -0.158. The molecule has 4 rings (SSSR count). The van der Waals surface area contributed by atoms with Crippen LogP contribution < -0.4 is 5.32 Å². The molecule has 9 nitrogen and oxygen atoms in total. The molecular formula is C43H63N3O6. The first kappa shape index (κ1) is 41.0. The van der Waals surface area contributed by atoms with E-state index < -0.39 is 34.9 Å². The Morgan fingerprint density at radius 3 is 1.52 bits per heavy atom. The molecule has 2 fully saturated rings. The van der Waals surface area contributed by atoms with Gasteiger partial charge in [-0.25, -0.2) is 4.79 Å². The van der Waals surface area contributed by atoms with Gasteiger partial charge < -0.3 is 14.8 Å². The predicted octanol–water partition coefficient (Wildman–Crippen LogP) is 9.22. The van der Waals surface area contributed by atoms with Crippen LogP contribution in [0.1, 0.15) is 155 Å². The Labute approximate surface area is 312 Å². The molecule has 2 atom stereocenters. The molecule has 2 unspecified atom stereocenters. The lowest BCUT2D eigenvalue weighted by atomic mass is 9.68. The number of urea groups is 1. The quantitative estimate of drug-likeness (QED) is 0.0827. The van der Waals surface area contributed by atoms with E-state index in [0.717, 1.165) is 68.9 Å². The molecule has 2 aromatic rings. The molecule has 286 valence electrons. The first-order valence-electron chi connectivity index (χ1n) is 19.7. The number of ether oxygens (including phenoxy) is 2. The van der Waals surface area contributed by atoms with Crippen molar-refractivity contribution in [2.75, 3.05) is 13.1 Å². The van der Waals surface area contributed by atoms with E-state index in [-0.39, 0.29) is 24.4 Å². The number of imide groups is 1. The Bertz CT molecular complexity index is 1440. The van der Waals surface area contributed by atoms with Crippen molar-refractivity contribution in [2.24, 2.45) is 0 Å². The van der Waals surface area contributed by atoms with Crippen LogP contribution in [0.3, 0.4) is 0 Å². The molecule has 2 heterocycles. The van der Waals surface area contributed by atoms with Gasteiger partial charge in [-0.15, -0.1) is 0 Å². The maximum atomic E-state index is 14.5. The summed E-state index contributed by atoms with van der Waals surface area (Å²) in [5, 5.41) is 3.10. The van der Waals surface area contributed by atoms with E-state index in [0.29, 0.717) is 32.2 Å². The summed E-state index contributed by atoms with van der Waals surface area (Å²) >= 11 is 0. The number of nitrogens with zero attached hydrogens (tertiary/aromatic N) is 2. The Morgan fingerprint density at radius 1 is 0.654 bits per heavy atom. The molecule has 2 aliphatic rings. The fourth-order valence-corrected chi connectivity index (χ4v) is 8.40. The van der Waals surface area contributed by atoms with Crippen LogP contribution in [0.4, 0.5) is 4.79 Å². The normalized spacial score (nSPS) is 18.9. The Hall–Kier alpha value is -3.72. The molecule has 0 bridgehead atoms. The maximum Gasteiger partial charge on any atom is 0.325 e. The number of esters is 2. The molecule has 9 heteroatoms. The van der Waals surface area contributed by atoms with Crippen LogP contribution in [0.25, 0.3) is 0 Å². The van der Waals surface area contributed by atoms with Gasteiger partial charge in [0.05, 0.1) is 6.54 Å². The average molecular weight is 718 g/mol. The third kappa shape index (κ3) is 10.9. The topological polar surface area (TPSA) is 105 Å². The molecule has 0 radical (unpaired) electrons. The Morgan fingerprint density at radius 2 is 1.08 bits per heavy atom. The number of hydrogen-bond donors (Lipinski definition) is 1. The van der Waals surface area contributed by atoms with Crippen LogP contribution in [0.5, 0.6) is 0 Å². The third-order valence-corrected chi connectivity index (χ3v) is 10.7. The van der Waals surface area contributed by atoms with Crippen molar-refractivity contribution in [3.05, 3.63) is 71.8 Å². The van der Waals surface area contributed by atoms with E-state index in [9.17, 15) is 19.2 Å². The molecular weight excluding hydrogens is 654 g/mol. The highest BCUT2D eigenvalue weighted by molar-refractivity contribution is 6.07. The molecule has 0 saturated carbocycles. The molecule has 0 aliphatic carbocycles. The number of likely N-dealkylation sites (tertiary alicyclic amines) is 1. The summed E-state index contributed by atoms with van der Waals surface area (Å²) in [4.78, 5) is 57.8. The van der Waals surface area contributed by atoms with Crippen molar-refractivity contribution >= 4 is 23.9 Å². The standard InChI is InChI=1S/C43H63N3O6/c1-7-9-11-13-21-27-37(47)51-35(33-23-17-15-18-24-33)29-45-39(49)43(44-40(45)50)31-41(3,4)46(42(5,6)32-43)30-36(34-25-19-16-20-26-34)52-38(48)28-22-14-12-10-8-2/h15-20,23-26,35-36H,7-14,21-22,27-32H2,1-6H3,(H,44,50). The van der Waals surface area contributed by atoms with Crippen LogP contribution in [0.2, 0.25) is 0 Å². The van der Waals surface area contributed by atoms with E-state index in [1.54, 1.807) is 0 Å². The maximum absolute atomic E-state index is 14.5. The summed E-state index contributed by atoms with van der Waals surface area (Å²) in [6, 6.07) is 18.7. The van der Waals surface area contributed by atoms with Crippen LogP contribution in [-0.4, -0.2) is 63.4 Å². The fourth-order valence-electron chi connectivity index (χ4n) is 8.40. The van der Waals surface area contributed by atoms with Crippen LogP contribution in [-0.2, 0) is 23.9 Å². The largest absolute Gasteiger partial charge is 0.456 e. The molecule has 3 amide bonds. The van der Waals surface area contributed by atoms with Crippen molar-refractivity contribution in [3.8, 4) is 0 Å². The Kier molecular flexibility index (Phi) is 14.9. The van der Waals surface area contributed by atoms with Crippen molar-refractivity contribution in [1.29, 1.82) is 0 Å². The van der Waals surface area contributed by atoms with Gasteiger partial charge in [0.2, 0.25) is 0 Å². The van der Waals surface area contributed by atoms with Crippen molar-refractivity contribution in [2.45, 2.75) is 160 Å². The minimum atomic E-state index is -1.14. The minimum absolute atomic E-state index is 0.0624. The first-order chi connectivity index (χ1) is 24.8. The van der Waals surface area contributed by atoms with E-state index >= 15 is 0 Å². The first-order valence-corrected chi connectivity index (χ1v) is 19.7. The van der Waals surface area contributed by atoms with Gasteiger partial charge in [-0.2, -0.15) is 0 Å². The summed E-state index contributed by atoms with van der Waals surface area (Å²) < 4.78 is 12.2. The molecule has 2 aliphatic heterocycles. The number of nitrogens with one attached hydrogen (secondary N) is 1.